The number of rotatable bonds is 3. The van der Waals surface area contributed by atoms with Crippen LogP contribution < -0.4 is 5.32 Å². The molecule has 1 aliphatic heterocycles. The lowest BCUT2D eigenvalue weighted by molar-refractivity contribution is 0.229. The molecule has 4 nitrogen and oxygen atoms in total. The highest BCUT2D eigenvalue weighted by Gasteiger charge is 2.12. The second-order valence-electron chi connectivity index (χ2n) is 4.88. The standard InChI is InChI=1S/C14H20N4/c1-2-11-4-3-5-12-14(11)17-13(16-12)10-18-8-6-15-7-9-18/h3-5,15H,2,6-10H2,1H3,(H,16,17). The van der Waals surface area contributed by atoms with Crippen LogP contribution in [0.15, 0.2) is 18.2 Å². The molecule has 2 N–H and O–H groups in total. The molecule has 1 aromatic carbocycles. The van der Waals surface area contributed by atoms with Crippen LogP contribution in [-0.2, 0) is 13.0 Å². The van der Waals surface area contributed by atoms with Crippen molar-refractivity contribution in [2.24, 2.45) is 0 Å². The first kappa shape index (κ1) is 11.7. The maximum absolute atomic E-state index is 4.76. The molecular weight excluding hydrogens is 224 g/mol. The molecule has 0 aliphatic carbocycles. The van der Waals surface area contributed by atoms with Crippen molar-refractivity contribution in [3.63, 3.8) is 0 Å². The SMILES string of the molecule is CCc1cccc2[nH]c(CN3CCNCC3)nc12. The first-order chi connectivity index (χ1) is 8.86. The van der Waals surface area contributed by atoms with E-state index < -0.39 is 0 Å². The van der Waals surface area contributed by atoms with E-state index in [4.69, 9.17) is 4.98 Å². The van der Waals surface area contributed by atoms with E-state index in [2.05, 4.69) is 40.3 Å². The van der Waals surface area contributed by atoms with Crippen LogP contribution in [0.2, 0.25) is 0 Å². The van der Waals surface area contributed by atoms with Gasteiger partial charge in [-0.1, -0.05) is 19.1 Å². The molecule has 1 aromatic heterocycles. The summed E-state index contributed by atoms with van der Waals surface area (Å²) >= 11 is 0. The van der Waals surface area contributed by atoms with Crippen molar-refractivity contribution in [1.82, 2.24) is 20.2 Å². The average Bonchev–Trinajstić information content (AvgIpc) is 2.82. The van der Waals surface area contributed by atoms with Crippen LogP contribution >= 0.6 is 0 Å². The Balaban J connectivity index is 1.84. The van der Waals surface area contributed by atoms with Gasteiger partial charge in [0.15, 0.2) is 0 Å². The maximum atomic E-state index is 4.76. The van der Waals surface area contributed by atoms with E-state index in [-0.39, 0.29) is 0 Å². The van der Waals surface area contributed by atoms with Crippen LogP contribution in [0.5, 0.6) is 0 Å². The highest BCUT2D eigenvalue weighted by molar-refractivity contribution is 5.78. The van der Waals surface area contributed by atoms with Gasteiger partial charge >= 0.3 is 0 Å². The Kier molecular flexibility index (Phi) is 3.30. The Morgan fingerprint density at radius 1 is 1.28 bits per heavy atom. The molecule has 0 unspecified atom stereocenters. The first-order valence-electron chi connectivity index (χ1n) is 6.76. The summed E-state index contributed by atoms with van der Waals surface area (Å²) in [7, 11) is 0. The number of imidazole rings is 1. The van der Waals surface area contributed by atoms with E-state index in [1.165, 1.54) is 11.1 Å². The van der Waals surface area contributed by atoms with Crippen LogP contribution in [0.4, 0.5) is 0 Å². The van der Waals surface area contributed by atoms with E-state index in [1.807, 2.05) is 0 Å². The Morgan fingerprint density at radius 3 is 2.89 bits per heavy atom. The molecule has 0 amide bonds. The van der Waals surface area contributed by atoms with E-state index in [0.29, 0.717) is 0 Å². The van der Waals surface area contributed by atoms with Crippen LogP contribution in [0.1, 0.15) is 18.3 Å². The van der Waals surface area contributed by atoms with Crippen LogP contribution in [0.25, 0.3) is 11.0 Å². The molecule has 1 saturated heterocycles. The third-order valence-electron chi connectivity index (χ3n) is 3.61. The van der Waals surface area contributed by atoms with Crippen molar-refractivity contribution in [2.45, 2.75) is 19.9 Å². The number of H-pyrrole nitrogens is 1. The van der Waals surface area contributed by atoms with Gasteiger partial charge < -0.3 is 10.3 Å². The Labute approximate surface area is 107 Å². The molecule has 2 heterocycles. The number of piperazine rings is 1. The maximum Gasteiger partial charge on any atom is 0.121 e. The number of nitrogens with zero attached hydrogens (tertiary/aromatic N) is 2. The van der Waals surface area contributed by atoms with Crippen LogP contribution in [0.3, 0.4) is 0 Å². The lowest BCUT2D eigenvalue weighted by Crippen LogP contribution is -2.43. The summed E-state index contributed by atoms with van der Waals surface area (Å²) in [4.78, 5) is 10.6. The smallest absolute Gasteiger partial charge is 0.121 e. The number of nitrogens with one attached hydrogen (secondary N) is 2. The second kappa shape index (κ2) is 5.08. The zero-order chi connectivity index (χ0) is 12.4. The number of para-hydroxylation sites is 1. The molecule has 0 bridgehead atoms. The fourth-order valence-electron chi connectivity index (χ4n) is 2.58. The van der Waals surface area contributed by atoms with Crippen LogP contribution in [0, 0.1) is 0 Å². The summed E-state index contributed by atoms with van der Waals surface area (Å²) in [5, 5.41) is 3.37. The molecule has 0 radical (unpaired) electrons. The molecule has 18 heavy (non-hydrogen) atoms. The fourth-order valence-corrected chi connectivity index (χ4v) is 2.58. The van der Waals surface area contributed by atoms with Crippen molar-refractivity contribution in [3.8, 4) is 0 Å². The summed E-state index contributed by atoms with van der Waals surface area (Å²) in [6.45, 7) is 7.50. The van der Waals surface area contributed by atoms with Crippen molar-refractivity contribution in [2.75, 3.05) is 26.2 Å². The van der Waals surface area contributed by atoms with Crippen molar-refractivity contribution < 1.29 is 0 Å². The minimum Gasteiger partial charge on any atom is -0.341 e. The molecule has 96 valence electrons. The fraction of sp³-hybridized carbons (Fsp3) is 0.500. The van der Waals surface area contributed by atoms with Crippen molar-refractivity contribution in [1.29, 1.82) is 0 Å². The minimum absolute atomic E-state index is 0.930. The third kappa shape index (κ3) is 2.26. The Morgan fingerprint density at radius 2 is 2.11 bits per heavy atom. The van der Waals surface area contributed by atoms with Crippen molar-refractivity contribution in [3.05, 3.63) is 29.6 Å². The minimum atomic E-state index is 0.930. The summed E-state index contributed by atoms with van der Waals surface area (Å²) in [5.74, 6) is 1.09. The van der Waals surface area contributed by atoms with Gasteiger partial charge in [-0.25, -0.2) is 4.98 Å². The third-order valence-corrected chi connectivity index (χ3v) is 3.61. The lowest BCUT2D eigenvalue weighted by atomic mass is 10.1. The zero-order valence-corrected chi connectivity index (χ0v) is 10.9. The molecule has 2 aromatic rings. The van der Waals surface area contributed by atoms with Gasteiger partial charge in [-0.15, -0.1) is 0 Å². The molecular formula is C14H20N4. The summed E-state index contributed by atoms with van der Waals surface area (Å²) < 4.78 is 0. The summed E-state index contributed by atoms with van der Waals surface area (Å²) in [6.07, 6.45) is 1.04. The van der Waals surface area contributed by atoms with Crippen molar-refractivity contribution >= 4 is 11.0 Å². The largest absolute Gasteiger partial charge is 0.341 e. The lowest BCUT2D eigenvalue weighted by Gasteiger charge is -2.26. The van der Waals surface area contributed by atoms with Gasteiger partial charge in [-0.2, -0.15) is 0 Å². The highest BCUT2D eigenvalue weighted by atomic mass is 15.2. The van der Waals surface area contributed by atoms with Gasteiger partial charge in [0.05, 0.1) is 17.6 Å². The molecule has 1 aliphatic rings. The molecule has 0 atom stereocenters. The number of hydrogen-bond acceptors (Lipinski definition) is 3. The van der Waals surface area contributed by atoms with E-state index in [1.54, 1.807) is 0 Å². The number of aryl methyl sites for hydroxylation is 1. The number of fused-ring (bicyclic) bond motifs is 1. The molecule has 0 spiro atoms. The van der Waals surface area contributed by atoms with Crippen LogP contribution in [-0.4, -0.2) is 41.0 Å². The van der Waals surface area contributed by atoms with E-state index >= 15 is 0 Å². The summed E-state index contributed by atoms with van der Waals surface area (Å²) in [5.41, 5.74) is 3.64. The van der Waals surface area contributed by atoms with Gasteiger partial charge in [-0.05, 0) is 18.1 Å². The van der Waals surface area contributed by atoms with Gasteiger partial charge in [0.25, 0.3) is 0 Å². The van der Waals surface area contributed by atoms with Gasteiger partial charge in [0.1, 0.15) is 5.82 Å². The van der Waals surface area contributed by atoms with E-state index in [0.717, 1.165) is 50.5 Å². The molecule has 3 rings (SSSR count). The number of hydrogen-bond donors (Lipinski definition) is 2. The number of aromatic nitrogens is 2. The van der Waals surface area contributed by atoms with Gasteiger partial charge in [0, 0.05) is 26.2 Å². The van der Waals surface area contributed by atoms with Gasteiger partial charge in [-0.3, -0.25) is 4.90 Å². The zero-order valence-electron chi connectivity index (χ0n) is 10.9. The predicted octanol–water partition coefficient (Wildman–Crippen LogP) is 1.53. The Hall–Kier alpha value is -1.39. The first-order valence-corrected chi connectivity index (χ1v) is 6.76. The molecule has 0 saturated carbocycles. The van der Waals surface area contributed by atoms with E-state index in [9.17, 15) is 0 Å². The quantitative estimate of drug-likeness (QED) is 0.860. The average molecular weight is 244 g/mol. The topological polar surface area (TPSA) is 44.0 Å². The summed E-state index contributed by atoms with van der Waals surface area (Å²) in [6, 6.07) is 6.38. The molecule has 4 heteroatoms. The Bertz CT molecular complexity index is 526. The van der Waals surface area contributed by atoms with Gasteiger partial charge in [0.2, 0.25) is 0 Å². The predicted molar refractivity (Wildman–Crippen MR) is 73.6 cm³/mol. The number of benzene rings is 1. The monoisotopic (exact) mass is 244 g/mol. The highest BCUT2D eigenvalue weighted by Crippen LogP contribution is 2.17. The normalized spacial score (nSPS) is 17.4. The number of aromatic amines is 1. The molecule has 1 fully saturated rings. The second-order valence-corrected chi connectivity index (χ2v) is 4.88.